The molecule has 0 fully saturated rings. The van der Waals surface area contributed by atoms with Gasteiger partial charge >= 0.3 is 5.88 Å². The number of aromatic hydroxyl groups is 1. The van der Waals surface area contributed by atoms with Crippen molar-refractivity contribution in [1.29, 1.82) is 0 Å². The molecule has 4 aromatic rings. The molecule has 1 aliphatic rings. The number of hydrogen-bond acceptors (Lipinski definition) is 5. The molecule has 1 atom stereocenters. The number of hydrogen-bond donors (Lipinski definition) is 2. The number of aryl methyl sites for hydroxylation is 3. The normalized spacial score (nSPS) is 14.5. The smallest absolute Gasteiger partial charge is 0.306 e. The number of aromatic nitrogens is 4. The second-order valence-corrected chi connectivity index (χ2v) is 7.86. The Bertz CT molecular complexity index is 1220. The van der Waals surface area contributed by atoms with Crippen molar-refractivity contribution in [1.82, 2.24) is 14.5 Å². The van der Waals surface area contributed by atoms with Crippen LogP contribution < -0.4 is 15.0 Å². The minimum absolute atomic E-state index is 0.131. The van der Waals surface area contributed by atoms with Gasteiger partial charge < -0.3 is 20.1 Å². The molecule has 0 unspecified atom stereocenters. The summed E-state index contributed by atoms with van der Waals surface area (Å²) in [6.07, 6.45) is 8.16. The fraction of sp³-hybridized carbons (Fsp3) is 0.208. The lowest BCUT2D eigenvalue weighted by molar-refractivity contribution is -0.686. The van der Waals surface area contributed by atoms with E-state index in [1.807, 2.05) is 27.7 Å². The topological polar surface area (TPSA) is 90.1 Å². The summed E-state index contributed by atoms with van der Waals surface area (Å²) in [5, 5.41) is 9.97. The lowest BCUT2D eigenvalue weighted by Gasteiger charge is -2.27. The molecule has 3 N–H and O–H groups in total. The fourth-order valence-electron chi connectivity index (χ4n) is 4.11. The quantitative estimate of drug-likeness (QED) is 0.429. The van der Waals surface area contributed by atoms with Gasteiger partial charge in [0.2, 0.25) is 12.1 Å². The molecule has 0 aliphatic carbocycles. The van der Waals surface area contributed by atoms with E-state index in [9.17, 15) is 5.11 Å². The highest BCUT2D eigenvalue weighted by Crippen LogP contribution is 2.48. The predicted octanol–water partition coefficient (Wildman–Crippen LogP) is 3.54. The van der Waals surface area contributed by atoms with Crippen LogP contribution in [0.3, 0.4) is 0 Å². The van der Waals surface area contributed by atoms with Gasteiger partial charge in [-0.3, -0.25) is 0 Å². The number of benzene rings is 2. The Morgan fingerprint density at radius 1 is 1.19 bits per heavy atom. The van der Waals surface area contributed by atoms with Crippen molar-refractivity contribution in [2.45, 2.75) is 32.4 Å². The van der Waals surface area contributed by atoms with Gasteiger partial charge in [0.1, 0.15) is 17.1 Å². The van der Waals surface area contributed by atoms with Crippen LogP contribution in [0.25, 0.3) is 0 Å². The zero-order valence-corrected chi connectivity index (χ0v) is 17.3. The molecular formula is C24H24N5O2+. The highest BCUT2D eigenvalue weighted by Gasteiger charge is 2.36. The van der Waals surface area contributed by atoms with Crippen LogP contribution in [0.4, 0.5) is 5.82 Å². The summed E-state index contributed by atoms with van der Waals surface area (Å²) >= 11 is 0. The van der Waals surface area contributed by atoms with E-state index in [2.05, 4.69) is 41.2 Å². The van der Waals surface area contributed by atoms with Crippen LogP contribution in [-0.4, -0.2) is 19.6 Å². The number of nitrogens with zero attached hydrogens (tertiary/aromatic N) is 4. The van der Waals surface area contributed by atoms with E-state index in [1.165, 1.54) is 5.56 Å². The molecule has 7 nitrogen and oxygen atoms in total. The van der Waals surface area contributed by atoms with Crippen molar-refractivity contribution >= 4 is 5.82 Å². The zero-order chi connectivity index (χ0) is 21.4. The van der Waals surface area contributed by atoms with Crippen LogP contribution in [0.15, 0.2) is 67.5 Å². The lowest BCUT2D eigenvalue weighted by Crippen LogP contribution is -2.40. The van der Waals surface area contributed by atoms with Crippen molar-refractivity contribution in [3.63, 3.8) is 0 Å². The maximum absolute atomic E-state index is 9.97. The molecule has 1 aliphatic heterocycles. The van der Waals surface area contributed by atoms with E-state index in [4.69, 9.17) is 10.5 Å². The predicted molar refractivity (Wildman–Crippen MR) is 116 cm³/mol. The number of ether oxygens (including phenoxy) is 1. The first-order chi connectivity index (χ1) is 15.1. The van der Waals surface area contributed by atoms with E-state index < -0.39 is 0 Å². The van der Waals surface area contributed by atoms with Gasteiger partial charge in [-0.1, -0.05) is 40.9 Å². The van der Waals surface area contributed by atoms with E-state index >= 15 is 0 Å². The molecule has 2 aromatic heterocycles. The Morgan fingerprint density at radius 2 is 2.03 bits per heavy atom. The number of imidazole rings is 1. The molecule has 0 saturated heterocycles. The molecule has 5 rings (SSSR count). The maximum atomic E-state index is 9.97. The van der Waals surface area contributed by atoms with Gasteiger partial charge in [-0.05, 0) is 25.0 Å². The molecule has 31 heavy (non-hydrogen) atoms. The van der Waals surface area contributed by atoms with Gasteiger partial charge in [-0.25, -0.2) is 9.55 Å². The first-order valence-corrected chi connectivity index (χ1v) is 10.3. The summed E-state index contributed by atoms with van der Waals surface area (Å²) in [6, 6.07) is 13.6. The van der Waals surface area contributed by atoms with Crippen LogP contribution in [0.2, 0.25) is 0 Å². The van der Waals surface area contributed by atoms with Crippen molar-refractivity contribution in [3.8, 4) is 17.4 Å². The van der Waals surface area contributed by atoms with E-state index in [0.29, 0.717) is 17.4 Å². The molecule has 0 radical (unpaired) electrons. The Balaban J connectivity index is 1.55. The van der Waals surface area contributed by atoms with E-state index in [1.54, 1.807) is 24.7 Å². The summed E-state index contributed by atoms with van der Waals surface area (Å²) in [7, 11) is 0. The number of anilines is 1. The molecule has 0 amide bonds. The summed E-state index contributed by atoms with van der Waals surface area (Å²) in [5.41, 5.74) is 10.8. The van der Waals surface area contributed by atoms with E-state index in [-0.39, 0.29) is 11.7 Å². The van der Waals surface area contributed by atoms with Gasteiger partial charge in [0, 0.05) is 30.6 Å². The Morgan fingerprint density at radius 3 is 2.81 bits per heavy atom. The minimum atomic E-state index is -0.131. The number of phenols is 1. The Kier molecular flexibility index (Phi) is 4.78. The standard InChI is InChI=1S/C24H23N5O2/c1-16-3-5-17(6-4-16)21-19-8-7-18(30)13-20(19)31-24-22(21)23(25)29(15-27-24)11-2-10-28-12-9-26-14-28/h3-9,12-15,21,25,30H,2,10-11H2,1H3/p+1/t21-/m0/s1. The second kappa shape index (κ2) is 7.75. The van der Waals surface area contributed by atoms with Crippen LogP contribution in [-0.2, 0) is 13.1 Å². The first kappa shape index (κ1) is 19.1. The highest BCUT2D eigenvalue weighted by atomic mass is 16.5. The van der Waals surface area contributed by atoms with Crippen molar-refractivity contribution in [2.24, 2.45) is 0 Å². The van der Waals surface area contributed by atoms with Crippen LogP contribution in [0.5, 0.6) is 17.4 Å². The molecule has 0 bridgehead atoms. The van der Waals surface area contributed by atoms with Gasteiger partial charge in [-0.2, -0.15) is 0 Å². The number of nitrogens with two attached hydrogens (primary N) is 1. The molecule has 3 heterocycles. The first-order valence-electron chi connectivity index (χ1n) is 10.3. The largest absolute Gasteiger partial charge is 0.508 e. The van der Waals surface area contributed by atoms with Gasteiger partial charge in [0.25, 0.3) is 0 Å². The van der Waals surface area contributed by atoms with Crippen LogP contribution in [0.1, 0.15) is 34.6 Å². The number of rotatable bonds is 5. The maximum Gasteiger partial charge on any atom is 0.306 e. The summed E-state index contributed by atoms with van der Waals surface area (Å²) < 4.78 is 10.1. The van der Waals surface area contributed by atoms with Crippen LogP contribution in [0, 0.1) is 6.92 Å². The van der Waals surface area contributed by atoms with Crippen molar-refractivity contribution < 1.29 is 14.4 Å². The molecular weight excluding hydrogens is 390 g/mol. The summed E-state index contributed by atoms with van der Waals surface area (Å²) in [6.45, 7) is 3.65. The zero-order valence-electron chi connectivity index (χ0n) is 17.3. The third-order valence-corrected chi connectivity index (χ3v) is 5.72. The van der Waals surface area contributed by atoms with Crippen molar-refractivity contribution in [2.75, 3.05) is 5.73 Å². The second-order valence-electron chi connectivity index (χ2n) is 7.86. The van der Waals surface area contributed by atoms with Crippen LogP contribution >= 0.6 is 0 Å². The average Bonchev–Trinajstić information content (AvgIpc) is 3.28. The van der Waals surface area contributed by atoms with Gasteiger partial charge in [-0.15, -0.1) is 0 Å². The average molecular weight is 414 g/mol. The third-order valence-electron chi connectivity index (χ3n) is 5.72. The third kappa shape index (κ3) is 3.59. The molecule has 7 heteroatoms. The molecule has 156 valence electrons. The SMILES string of the molecule is Cc1ccc([C@H]2c3ccc(O)cc3Oc3nc[n+](CCCn4ccnc4)c(N)c32)cc1. The summed E-state index contributed by atoms with van der Waals surface area (Å²) in [5.74, 6) is 1.74. The molecule has 2 aromatic carbocycles. The minimum Gasteiger partial charge on any atom is -0.508 e. The highest BCUT2D eigenvalue weighted by molar-refractivity contribution is 5.62. The number of nitrogen functional groups attached to an aromatic ring is 1. The Labute approximate surface area is 180 Å². The number of fused-ring (bicyclic) bond motifs is 2. The Hall–Kier alpha value is -3.87. The fourth-order valence-corrected chi connectivity index (χ4v) is 4.11. The lowest BCUT2D eigenvalue weighted by atomic mass is 9.83. The molecule has 0 saturated carbocycles. The van der Waals surface area contributed by atoms with E-state index in [0.717, 1.165) is 36.2 Å². The van der Waals surface area contributed by atoms with Gasteiger partial charge in [0.05, 0.1) is 18.8 Å². The van der Waals surface area contributed by atoms with Crippen molar-refractivity contribution in [3.05, 3.63) is 89.8 Å². The summed E-state index contributed by atoms with van der Waals surface area (Å²) in [4.78, 5) is 8.66. The number of phenolic OH excluding ortho intramolecular Hbond substituents is 1. The van der Waals surface area contributed by atoms with Gasteiger partial charge in [0.15, 0.2) is 0 Å². The molecule has 0 spiro atoms. The monoisotopic (exact) mass is 414 g/mol.